The predicted octanol–water partition coefficient (Wildman–Crippen LogP) is 6.00. The van der Waals surface area contributed by atoms with Gasteiger partial charge in [-0.2, -0.15) is 23.5 Å². The van der Waals surface area contributed by atoms with Gasteiger partial charge in [0.05, 0.1) is 46.3 Å². The SMILES string of the molecule is Cc1nn(Cc2ccccc2C#N)c(C)c1NC(=O)c1cc(C(F)(F)F)nc2ccc(Br)cc12. The highest BCUT2D eigenvalue weighted by Gasteiger charge is 2.34. The van der Waals surface area contributed by atoms with Crippen molar-refractivity contribution in [3.8, 4) is 6.07 Å². The molecule has 172 valence electrons. The summed E-state index contributed by atoms with van der Waals surface area (Å²) in [5.41, 5.74) is 1.52. The van der Waals surface area contributed by atoms with E-state index >= 15 is 0 Å². The van der Waals surface area contributed by atoms with Crippen LogP contribution in [0.15, 0.2) is 53.0 Å². The van der Waals surface area contributed by atoms with Gasteiger partial charge in [0.2, 0.25) is 0 Å². The number of amides is 1. The molecule has 0 aliphatic heterocycles. The smallest absolute Gasteiger partial charge is 0.319 e. The number of aromatic nitrogens is 3. The fraction of sp³-hybridized carbons (Fsp3) is 0.167. The maximum absolute atomic E-state index is 13.4. The Kier molecular flexibility index (Phi) is 6.15. The Morgan fingerprint density at radius 3 is 2.62 bits per heavy atom. The van der Waals surface area contributed by atoms with Crippen molar-refractivity contribution in [1.82, 2.24) is 14.8 Å². The van der Waals surface area contributed by atoms with Gasteiger partial charge in [-0.1, -0.05) is 34.1 Å². The van der Waals surface area contributed by atoms with Gasteiger partial charge in [0.15, 0.2) is 0 Å². The zero-order chi connectivity index (χ0) is 24.6. The molecule has 0 unspecified atom stereocenters. The molecule has 0 aliphatic carbocycles. The second-order valence-corrected chi connectivity index (χ2v) is 8.56. The first kappa shape index (κ1) is 23.4. The van der Waals surface area contributed by atoms with Crippen LogP contribution in [0.2, 0.25) is 0 Å². The van der Waals surface area contributed by atoms with Crippen molar-refractivity contribution in [1.29, 1.82) is 5.26 Å². The van der Waals surface area contributed by atoms with Crippen LogP contribution in [0.3, 0.4) is 0 Å². The summed E-state index contributed by atoms with van der Waals surface area (Å²) in [6.07, 6.45) is -4.71. The monoisotopic (exact) mass is 527 g/mol. The average Bonchev–Trinajstić information content (AvgIpc) is 3.05. The average molecular weight is 528 g/mol. The van der Waals surface area contributed by atoms with Crippen molar-refractivity contribution in [3.63, 3.8) is 0 Å². The molecule has 0 fully saturated rings. The van der Waals surface area contributed by atoms with Crippen molar-refractivity contribution < 1.29 is 18.0 Å². The topological polar surface area (TPSA) is 83.6 Å². The zero-order valence-electron chi connectivity index (χ0n) is 18.0. The van der Waals surface area contributed by atoms with Crippen molar-refractivity contribution in [2.75, 3.05) is 5.32 Å². The molecule has 1 amide bonds. The van der Waals surface area contributed by atoms with Gasteiger partial charge >= 0.3 is 6.18 Å². The van der Waals surface area contributed by atoms with Crippen LogP contribution in [0.1, 0.15) is 38.6 Å². The van der Waals surface area contributed by atoms with Crippen LogP contribution in [0.5, 0.6) is 0 Å². The molecule has 2 aromatic heterocycles. The lowest BCUT2D eigenvalue weighted by atomic mass is 10.1. The van der Waals surface area contributed by atoms with Crippen LogP contribution in [0, 0.1) is 25.2 Å². The molecule has 2 aromatic carbocycles. The maximum atomic E-state index is 13.4. The molecular formula is C24H17BrF3N5O. The standard InChI is InChI=1S/C24H17BrF3N5O/c1-13-22(14(2)33(32-13)12-16-6-4-3-5-15(16)11-29)31-23(34)19-10-21(24(26,27)28)30-20-8-7-17(25)9-18(19)20/h3-10H,12H2,1-2H3,(H,31,34). The summed E-state index contributed by atoms with van der Waals surface area (Å²) in [5, 5.41) is 16.8. The van der Waals surface area contributed by atoms with E-state index in [1.54, 1.807) is 42.8 Å². The van der Waals surface area contributed by atoms with Gasteiger partial charge in [-0.15, -0.1) is 0 Å². The van der Waals surface area contributed by atoms with E-state index in [0.717, 1.165) is 11.6 Å². The molecule has 34 heavy (non-hydrogen) atoms. The van der Waals surface area contributed by atoms with E-state index in [-0.39, 0.29) is 16.5 Å². The molecule has 0 saturated heterocycles. The minimum atomic E-state index is -4.71. The fourth-order valence-electron chi connectivity index (χ4n) is 3.67. The number of pyridine rings is 1. The number of benzene rings is 2. The van der Waals surface area contributed by atoms with Gasteiger partial charge in [0.25, 0.3) is 5.91 Å². The largest absolute Gasteiger partial charge is 0.433 e. The zero-order valence-corrected chi connectivity index (χ0v) is 19.6. The number of fused-ring (bicyclic) bond motifs is 1. The third-order valence-corrected chi connectivity index (χ3v) is 5.88. The van der Waals surface area contributed by atoms with Gasteiger partial charge in [0, 0.05) is 9.86 Å². The summed E-state index contributed by atoms with van der Waals surface area (Å²) in [6, 6.07) is 14.5. The first-order chi connectivity index (χ1) is 16.1. The number of rotatable bonds is 4. The van der Waals surface area contributed by atoms with Gasteiger partial charge in [-0.25, -0.2) is 4.98 Å². The predicted molar refractivity (Wildman–Crippen MR) is 124 cm³/mol. The summed E-state index contributed by atoms with van der Waals surface area (Å²) in [5.74, 6) is -0.709. The quantitative estimate of drug-likeness (QED) is 0.352. The van der Waals surface area contributed by atoms with Crippen LogP contribution in [-0.4, -0.2) is 20.7 Å². The van der Waals surface area contributed by atoms with Crippen LogP contribution >= 0.6 is 15.9 Å². The Morgan fingerprint density at radius 2 is 1.91 bits per heavy atom. The molecule has 0 saturated carbocycles. The molecule has 0 radical (unpaired) electrons. The molecular weight excluding hydrogens is 511 g/mol. The number of carbonyl (C=O) groups excluding carboxylic acids is 1. The summed E-state index contributed by atoms with van der Waals surface area (Å²) >= 11 is 3.29. The summed E-state index contributed by atoms with van der Waals surface area (Å²) in [6.45, 7) is 3.74. The second kappa shape index (κ2) is 8.91. The van der Waals surface area contributed by atoms with Crippen molar-refractivity contribution in [2.24, 2.45) is 0 Å². The molecule has 10 heteroatoms. The molecule has 0 bridgehead atoms. The van der Waals surface area contributed by atoms with E-state index in [0.29, 0.717) is 33.7 Å². The van der Waals surface area contributed by atoms with E-state index in [4.69, 9.17) is 0 Å². The number of hydrogen-bond acceptors (Lipinski definition) is 4. The second-order valence-electron chi connectivity index (χ2n) is 7.64. The summed E-state index contributed by atoms with van der Waals surface area (Å²) in [4.78, 5) is 16.9. The summed E-state index contributed by atoms with van der Waals surface area (Å²) in [7, 11) is 0. The van der Waals surface area contributed by atoms with Gasteiger partial charge in [0.1, 0.15) is 5.69 Å². The van der Waals surface area contributed by atoms with Gasteiger partial charge in [-0.05, 0) is 49.7 Å². The van der Waals surface area contributed by atoms with E-state index in [1.165, 1.54) is 6.07 Å². The molecule has 0 atom stereocenters. The first-order valence-corrected chi connectivity index (χ1v) is 10.9. The number of aryl methyl sites for hydroxylation is 1. The van der Waals surface area contributed by atoms with E-state index < -0.39 is 17.8 Å². The highest BCUT2D eigenvalue weighted by Crippen LogP contribution is 2.32. The number of alkyl halides is 3. The number of carbonyl (C=O) groups is 1. The minimum absolute atomic E-state index is 0.0559. The Morgan fingerprint density at radius 1 is 1.18 bits per heavy atom. The van der Waals surface area contributed by atoms with Crippen LogP contribution < -0.4 is 5.32 Å². The molecule has 0 spiro atoms. The van der Waals surface area contributed by atoms with Crippen LogP contribution in [0.25, 0.3) is 10.9 Å². The molecule has 4 aromatic rings. The van der Waals surface area contributed by atoms with Crippen molar-refractivity contribution in [3.05, 3.63) is 86.8 Å². The number of anilines is 1. The van der Waals surface area contributed by atoms with E-state index in [2.05, 4.69) is 37.4 Å². The van der Waals surface area contributed by atoms with Gasteiger partial charge < -0.3 is 5.32 Å². The van der Waals surface area contributed by atoms with Gasteiger partial charge in [-0.3, -0.25) is 9.48 Å². The van der Waals surface area contributed by atoms with E-state index in [9.17, 15) is 23.2 Å². The van der Waals surface area contributed by atoms with Crippen LogP contribution in [0.4, 0.5) is 18.9 Å². The fourth-order valence-corrected chi connectivity index (χ4v) is 4.03. The Balaban J connectivity index is 1.73. The molecule has 1 N–H and O–H groups in total. The Hall–Kier alpha value is -3.71. The first-order valence-electron chi connectivity index (χ1n) is 10.1. The minimum Gasteiger partial charge on any atom is -0.319 e. The highest BCUT2D eigenvalue weighted by molar-refractivity contribution is 9.10. The van der Waals surface area contributed by atoms with Crippen molar-refractivity contribution in [2.45, 2.75) is 26.6 Å². The normalized spacial score (nSPS) is 11.4. The van der Waals surface area contributed by atoms with Crippen LogP contribution in [-0.2, 0) is 12.7 Å². The number of nitriles is 1. The molecule has 4 rings (SSSR count). The lowest BCUT2D eigenvalue weighted by molar-refractivity contribution is -0.140. The maximum Gasteiger partial charge on any atom is 0.433 e. The Bertz CT molecular complexity index is 1470. The number of nitrogens with zero attached hydrogens (tertiary/aromatic N) is 4. The third-order valence-electron chi connectivity index (χ3n) is 5.38. The van der Waals surface area contributed by atoms with E-state index in [1.807, 2.05) is 12.1 Å². The number of nitrogens with one attached hydrogen (secondary N) is 1. The number of hydrogen-bond donors (Lipinski definition) is 1. The molecule has 0 aliphatic rings. The highest BCUT2D eigenvalue weighted by atomic mass is 79.9. The lowest BCUT2D eigenvalue weighted by Gasteiger charge is -2.13. The lowest BCUT2D eigenvalue weighted by Crippen LogP contribution is -2.17. The Labute approximate surface area is 201 Å². The van der Waals surface area contributed by atoms with Crippen molar-refractivity contribution >= 4 is 38.4 Å². The summed E-state index contributed by atoms with van der Waals surface area (Å²) < 4.78 is 42.5. The third kappa shape index (κ3) is 4.52. The molecule has 2 heterocycles. The molecule has 6 nitrogen and oxygen atoms in total. The number of halogens is 4.